The minimum atomic E-state index is -0.884. The van der Waals surface area contributed by atoms with Crippen LogP contribution in [0.5, 0.6) is 0 Å². The molecule has 0 saturated heterocycles. The van der Waals surface area contributed by atoms with Crippen molar-refractivity contribution in [2.24, 2.45) is 5.92 Å². The Kier molecular flexibility index (Phi) is 4.95. The van der Waals surface area contributed by atoms with E-state index in [9.17, 15) is 9.00 Å². The maximum atomic E-state index is 11.9. The zero-order valence-electron chi connectivity index (χ0n) is 10.2. The Morgan fingerprint density at radius 1 is 1.28 bits per heavy atom. The lowest BCUT2D eigenvalue weighted by Crippen LogP contribution is -2.11. The quantitative estimate of drug-likeness (QED) is 0.831. The van der Waals surface area contributed by atoms with Crippen molar-refractivity contribution in [3.63, 3.8) is 0 Å². The first-order chi connectivity index (χ1) is 8.65. The van der Waals surface area contributed by atoms with Crippen LogP contribution in [0.25, 0.3) is 0 Å². The average molecular weight is 285 g/mol. The molecule has 1 aromatic rings. The Hall–Kier alpha value is -0.670. The first kappa shape index (κ1) is 13.8. The van der Waals surface area contributed by atoms with E-state index in [1.54, 1.807) is 0 Å². The summed E-state index contributed by atoms with van der Waals surface area (Å²) in [4.78, 5) is 11.5. The summed E-state index contributed by atoms with van der Waals surface area (Å²) in [5, 5.41) is 0.695. The fraction of sp³-hybridized carbons (Fsp3) is 0.500. The zero-order chi connectivity index (χ0) is 13.0. The molecule has 18 heavy (non-hydrogen) atoms. The predicted octanol–water partition coefficient (Wildman–Crippen LogP) is 3.35. The van der Waals surface area contributed by atoms with Crippen LogP contribution in [0.4, 0.5) is 0 Å². The molecule has 1 saturated carbocycles. The van der Waals surface area contributed by atoms with E-state index in [1.807, 2.05) is 24.3 Å². The van der Waals surface area contributed by atoms with Gasteiger partial charge in [0.25, 0.3) is 0 Å². The Balaban J connectivity index is 1.78. The van der Waals surface area contributed by atoms with E-state index in [4.69, 9.17) is 11.6 Å². The molecule has 0 aromatic heterocycles. The third kappa shape index (κ3) is 3.92. The largest absolute Gasteiger partial charge is 0.299 e. The molecule has 1 aliphatic rings. The molecule has 1 aromatic carbocycles. The Morgan fingerprint density at radius 2 is 2.00 bits per heavy atom. The fourth-order valence-corrected chi connectivity index (χ4v) is 3.69. The molecule has 4 heteroatoms. The van der Waals surface area contributed by atoms with Crippen LogP contribution in [0.3, 0.4) is 0 Å². The molecule has 1 aliphatic carbocycles. The van der Waals surface area contributed by atoms with Crippen LogP contribution in [0.1, 0.15) is 31.2 Å². The van der Waals surface area contributed by atoms with Crippen molar-refractivity contribution < 1.29 is 9.00 Å². The Labute approximate surface area is 115 Å². The van der Waals surface area contributed by atoms with Crippen LogP contribution in [0.2, 0.25) is 5.02 Å². The van der Waals surface area contributed by atoms with E-state index < -0.39 is 10.8 Å². The van der Waals surface area contributed by atoms with Crippen LogP contribution < -0.4 is 0 Å². The lowest BCUT2D eigenvalue weighted by Gasteiger charge is -2.07. The van der Waals surface area contributed by atoms with Gasteiger partial charge in [0, 0.05) is 39.7 Å². The van der Waals surface area contributed by atoms with Crippen molar-refractivity contribution in [2.75, 3.05) is 5.75 Å². The fourth-order valence-electron chi connectivity index (χ4n) is 2.31. The molecule has 1 fully saturated rings. The zero-order valence-corrected chi connectivity index (χ0v) is 11.8. The molecule has 0 heterocycles. The van der Waals surface area contributed by atoms with Gasteiger partial charge in [-0.15, -0.1) is 0 Å². The molecule has 98 valence electrons. The van der Waals surface area contributed by atoms with E-state index in [0.29, 0.717) is 28.7 Å². The molecule has 0 aliphatic heterocycles. The first-order valence-corrected chi connectivity index (χ1v) is 8.14. The van der Waals surface area contributed by atoms with Gasteiger partial charge in [-0.1, -0.05) is 23.7 Å². The van der Waals surface area contributed by atoms with Gasteiger partial charge in [0.05, 0.1) is 0 Å². The SMILES string of the molecule is O=C1CCCC1CCS(=O)Cc1ccc(Cl)cc1. The number of Topliss-reactive ketones (excluding diaryl/α,β-unsaturated/α-hetero) is 1. The minimum Gasteiger partial charge on any atom is -0.299 e. The monoisotopic (exact) mass is 284 g/mol. The maximum Gasteiger partial charge on any atom is 0.136 e. The molecular weight excluding hydrogens is 268 g/mol. The number of halogens is 1. The van der Waals surface area contributed by atoms with Gasteiger partial charge >= 0.3 is 0 Å². The predicted molar refractivity (Wildman–Crippen MR) is 75.1 cm³/mol. The molecule has 0 radical (unpaired) electrons. The number of ketones is 1. The van der Waals surface area contributed by atoms with Gasteiger partial charge in [0.15, 0.2) is 0 Å². The smallest absolute Gasteiger partial charge is 0.136 e. The Morgan fingerprint density at radius 3 is 2.61 bits per heavy atom. The van der Waals surface area contributed by atoms with E-state index in [1.165, 1.54) is 0 Å². The first-order valence-electron chi connectivity index (χ1n) is 6.27. The second-order valence-electron chi connectivity index (χ2n) is 4.76. The highest BCUT2D eigenvalue weighted by molar-refractivity contribution is 7.84. The van der Waals surface area contributed by atoms with Gasteiger partial charge in [-0.3, -0.25) is 9.00 Å². The summed E-state index contributed by atoms with van der Waals surface area (Å²) in [7, 11) is -0.884. The number of hydrogen-bond acceptors (Lipinski definition) is 2. The second-order valence-corrected chi connectivity index (χ2v) is 6.77. The minimum absolute atomic E-state index is 0.166. The summed E-state index contributed by atoms with van der Waals surface area (Å²) in [6, 6.07) is 7.44. The number of hydrogen-bond donors (Lipinski definition) is 0. The van der Waals surface area contributed by atoms with Gasteiger partial charge in [0.1, 0.15) is 5.78 Å². The lowest BCUT2D eigenvalue weighted by molar-refractivity contribution is -0.120. The third-order valence-corrected chi connectivity index (χ3v) is 4.96. The molecule has 2 rings (SSSR count). The summed E-state index contributed by atoms with van der Waals surface area (Å²) in [5.74, 6) is 1.70. The highest BCUT2D eigenvalue weighted by Crippen LogP contribution is 2.24. The van der Waals surface area contributed by atoms with Gasteiger partial charge in [-0.25, -0.2) is 0 Å². The van der Waals surface area contributed by atoms with Crippen LogP contribution in [-0.4, -0.2) is 15.7 Å². The molecule has 0 amide bonds. The van der Waals surface area contributed by atoms with Gasteiger partial charge in [-0.2, -0.15) is 0 Å². The third-order valence-electron chi connectivity index (χ3n) is 3.37. The highest BCUT2D eigenvalue weighted by atomic mass is 35.5. The summed E-state index contributed by atoms with van der Waals surface area (Å²) in [6.45, 7) is 0. The summed E-state index contributed by atoms with van der Waals surface area (Å²) in [6.07, 6.45) is 3.48. The molecule has 0 spiro atoms. The van der Waals surface area contributed by atoms with E-state index in [0.717, 1.165) is 24.8 Å². The van der Waals surface area contributed by atoms with Crippen molar-refractivity contribution in [3.8, 4) is 0 Å². The van der Waals surface area contributed by atoms with Crippen molar-refractivity contribution in [2.45, 2.75) is 31.4 Å². The van der Waals surface area contributed by atoms with E-state index >= 15 is 0 Å². The van der Waals surface area contributed by atoms with E-state index in [-0.39, 0.29) is 5.92 Å². The van der Waals surface area contributed by atoms with Crippen LogP contribution in [-0.2, 0) is 21.3 Å². The molecule has 2 atom stereocenters. The molecule has 0 N–H and O–H groups in total. The molecule has 2 unspecified atom stereocenters. The van der Waals surface area contributed by atoms with Crippen LogP contribution in [0, 0.1) is 5.92 Å². The van der Waals surface area contributed by atoms with Crippen molar-refractivity contribution in [3.05, 3.63) is 34.9 Å². The standard InChI is InChI=1S/C14H17ClO2S/c15-13-6-4-11(5-7-13)10-18(17)9-8-12-2-1-3-14(12)16/h4-7,12H,1-3,8-10H2. The summed E-state index contributed by atoms with van der Waals surface area (Å²) >= 11 is 5.80. The number of carbonyl (C=O) groups excluding carboxylic acids is 1. The molecule has 0 bridgehead atoms. The number of carbonyl (C=O) groups is 1. The lowest BCUT2D eigenvalue weighted by atomic mass is 10.1. The van der Waals surface area contributed by atoms with Crippen LogP contribution >= 0.6 is 11.6 Å². The average Bonchev–Trinajstić information content (AvgIpc) is 2.75. The van der Waals surface area contributed by atoms with Gasteiger partial charge < -0.3 is 0 Å². The molecular formula is C14H17ClO2S. The van der Waals surface area contributed by atoms with Crippen molar-refractivity contribution >= 4 is 28.2 Å². The number of benzene rings is 1. The molecule has 2 nitrogen and oxygen atoms in total. The summed E-state index contributed by atoms with van der Waals surface area (Å²) < 4.78 is 11.9. The topological polar surface area (TPSA) is 34.1 Å². The van der Waals surface area contributed by atoms with E-state index in [2.05, 4.69) is 0 Å². The van der Waals surface area contributed by atoms with Crippen molar-refractivity contribution in [1.82, 2.24) is 0 Å². The van der Waals surface area contributed by atoms with Gasteiger partial charge in [-0.05, 0) is 37.0 Å². The van der Waals surface area contributed by atoms with Gasteiger partial charge in [0.2, 0.25) is 0 Å². The summed E-state index contributed by atoms with van der Waals surface area (Å²) in [5.41, 5.74) is 1.04. The maximum absolute atomic E-state index is 11.9. The highest BCUT2D eigenvalue weighted by Gasteiger charge is 2.24. The van der Waals surface area contributed by atoms with Crippen LogP contribution in [0.15, 0.2) is 24.3 Å². The second kappa shape index (κ2) is 6.48. The normalized spacial score (nSPS) is 21.2. The number of rotatable bonds is 5. The Bertz CT molecular complexity index is 442. The van der Waals surface area contributed by atoms with Crippen molar-refractivity contribution in [1.29, 1.82) is 0 Å².